The van der Waals surface area contributed by atoms with E-state index < -0.39 is 5.97 Å². The maximum Gasteiger partial charge on any atom is 0.357 e. The molecule has 8 nitrogen and oxygen atoms in total. The molecule has 1 fully saturated rings. The van der Waals surface area contributed by atoms with Crippen LogP contribution in [0, 0.1) is 0 Å². The number of halogens is 1. The first-order chi connectivity index (χ1) is 14.2. The standard InChI is InChI=1S/C20H17BrN6O2/c21-13-9-16-17(24-25-18(16)22-11-13)20(28)29-14-5-7-27(8-6-14)19-15-4-2-1-3-12(15)10-23-26-19/h1-4,9-11,14H,5-8H2,(H,22,24,25). The molecule has 1 aliphatic heterocycles. The second-order valence-electron chi connectivity index (χ2n) is 6.97. The third-order valence-corrected chi connectivity index (χ3v) is 5.58. The molecular weight excluding hydrogens is 436 g/mol. The largest absolute Gasteiger partial charge is 0.458 e. The van der Waals surface area contributed by atoms with Crippen molar-refractivity contribution in [2.24, 2.45) is 0 Å². The van der Waals surface area contributed by atoms with E-state index in [2.05, 4.69) is 52.3 Å². The summed E-state index contributed by atoms with van der Waals surface area (Å²) in [5.74, 6) is 0.471. The van der Waals surface area contributed by atoms with Crippen LogP contribution in [0.1, 0.15) is 23.3 Å². The van der Waals surface area contributed by atoms with Crippen LogP contribution in [0.4, 0.5) is 5.82 Å². The average Bonchev–Trinajstić information content (AvgIpc) is 3.17. The number of carbonyl (C=O) groups is 1. The van der Waals surface area contributed by atoms with Crippen LogP contribution in [0.2, 0.25) is 0 Å². The first kappa shape index (κ1) is 18.0. The molecule has 3 aromatic heterocycles. The lowest BCUT2D eigenvalue weighted by Gasteiger charge is -2.32. The highest BCUT2D eigenvalue weighted by atomic mass is 79.9. The predicted molar refractivity (Wildman–Crippen MR) is 112 cm³/mol. The highest BCUT2D eigenvalue weighted by molar-refractivity contribution is 9.10. The van der Waals surface area contributed by atoms with Crippen LogP contribution in [0.5, 0.6) is 0 Å². The van der Waals surface area contributed by atoms with Crippen molar-refractivity contribution < 1.29 is 9.53 Å². The number of H-pyrrole nitrogens is 1. The van der Waals surface area contributed by atoms with E-state index in [1.807, 2.05) is 24.3 Å². The summed E-state index contributed by atoms with van der Waals surface area (Å²) in [5, 5.41) is 18.1. The van der Waals surface area contributed by atoms with Crippen molar-refractivity contribution in [1.29, 1.82) is 0 Å². The van der Waals surface area contributed by atoms with E-state index in [1.165, 1.54) is 0 Å². The van der Waals surface area contributed by atoms with Gasteiger partial charge >= 0.3 is 5.97 Å². The second kappa shape index (κ2) is 7.40. The van der Waals surface area contributed by atoms with Gasteiger partial charge in [-0.2, -0.15) is 10.2 Å². The van der Waals surface area contributed by atoms with Gasteiger partial charge in [-0.05, 0) is 22.0 Å². The monoisotopic (exact) mass is 452 g/mol. The highest BCUT2D eigenvalue weighted by Gasteiger charge is 2.26. The van der Waals surface area contributed by atoms with Gasteiger partial charge in [-0.15, -0.1) is 5.10 Å². The Bertz CT molecular complexity index is 1200. The molecule has 0 amide bonds. The number of carbonyl (C=O) groups excluding carboxylic acids is 1. The summed E-state index contributed by atoms with van der Waals surface area (Å²) < 4.78 is 6.52. The maximum atomic E-state index is 12.7. The normalized spacial score (nSPS) is 15.1. The lowest BCUT2D eigenvalue weighted by atomic mass is 10.1. The summed E-state index contributed by atoms with van der Waals surface area (Å²) in [6.45, 7) is 1.49. The van der Waals surface area contributed by atoms with Crippen molar-refractivity contribution in [3.05, 3.63) is 52.9 Å². The van der Waals surface area contributed by atoms with Crippen molar-refractivity contribution in [3.8, 4) is 0 Å². The van der Waals surface area contributed by atoms with E-state index in [4.69, 9.17) is 4.74 Å². The molecule has 4 heterocycles. The van der Waals surface area contributed by atoms with Gasteiger partial charge in [0.15, 0.2) is 17.2 Å². The SMILES string of the molecule is O=C(OC1CCN(c2nncc3ccccc23)CC1)c1[nH]nc2ncc(Br)cc12. The number of hydrogen-bond donors (Lipinski definition) is 1. The molecule has 0 bridgehead atoms. The fourth-order valence-corrected chi connectivity index (χ4v) is 4.00. The van der Waals surface area contributed by atoms with Gasteiger partial charge in [0.05, 0.1) is 11.6 Å². The van der Waals surface area contributed by atoms with Crippen LogP contribution < -0.4 is 4.90 Å². The zero-order valence-electron chi connectivity index (χ0n) is 15.4. The molecule has 0 radical (unpaired) electrons. The van der Waals surface area contributed by atoms with Gasteiger partial charge < -0.3 is 9.64 Å². The van der Waals surface area contributed by atoms with Crippen molar-refractivity contribution in [3.63, 3.8) is 0 Å². The molecule has 1 N–H and O–H groups in total. The second-order valence-corrected chi connectivity index (χ2v) is 7.89. The third kappa shape index (κ3) is 3.42. The number of aromatic nitrogens is 5. The van der Waals surface area contributed by atoms with Crippen molar-refractivity contribution in [2.45, 2.75) is 18.9 Å². The van der Waals surface area contributed by atoms with Crippen LogP contribution in [0.3, 0.4) is 0 Å². The Kier molecular flexibility index (Phi) is 4.59. The number of esters is 1. The number of piperidine rings is 1. The Labute approximate surface area is 174 Å². The lowest BCUT2D eigenvalue weighted by molar-refractivity contribution is 0.0240. The number of nitrogens with zero attached hydrogens (tertiary/aromatic N) is 5. The Hall–Kier alpha value is -3.07. The number of ether oxygens (including phenoxy) is 1. The molecule has 0 spiro atoms. The van der Waals surface area contributed by atoms with Crippen LogP contribution in [0.15, 0.2) is 47.2 Å². The number of nitrogens with one attached hydrogen (secondary N) is 1. The summed E-state index contributed by atoms with van der Waals surface area (Å²) in [6.07, 6.45) is 4.72. The summed E-state index contributed by atoms with van der Waals surface area (Å²) in [4.78, 5) is 19.0. The van der Waals surface area contributed by atoms with E-state index >= 15 is 0 Å². The summed E-state index contributed by atoms with van der Waals surface area (Å²) in [6, 6.07) is 9.89. The number of aromatic amines is 1. The summed E-state index contributed by atoms with van der Waals surface area (Å²) in [7, 11) is 0. The van der Waals surface area contributed by atoms with Crippen molar-refractivity contribution in [2.75, 3.05) is 18.0 Å². The zero-order chi connectivity index (χ0) is 19.8. The first-order valence-electron chi connectivity index (χ1n) is 9.35. The molecule has 0 aliphatic carbocycles. The molecule has 146 valence electrons. The van der Waals surface area contributed by atoms with Crippen LogP contribution in [0.25, 0.3) is 21.8 Å². The Morgan fingerprint density at radius 2 is 2.00 bits per heavy atom. The minimum atomic E-state index is -0.407. The fraction of sp³-hybridized carbons (Fsp3) is 0.250. The summed E-state index contributed by atoms with van der Waals surface area (Å²) in [5.41, 5.74) is 0.820. The van der Waals surface area contributed by atoms with Crippen LogP contribution >= 0.6 is 15.9 Å². The number of hydrogen-bond acceptors (Lipinski definition) is 7. The third-order valence-electron chi connectivity index (χ3n) is 5.15. The Morgan fingerprint density at radius 1 is 1.17 bits per heavy atom. The Morgan fingerprint density at radius 3 is 2.86 bits per heavy atom. The quantitative estimate of drug-likeness (QED) is 0.475. The molecular formula is C20H17BrN6O2. The molecule has 4 aromatic rings. The first-order valence-corrected chi connectivity index (χ1v) is 10.1. The Balaban J connectivity index is 1.28. The van der Waals surface area contributed by atoms with Gasteiger partial charge in [-0.25, -0.2) is 9.78 Å². The van der Waals surface area contributed by atoms with Crippen LogP contribution in [-0.4, -0.2) is 50.5 Å². The van der Waals surface area contributed by atoms with Gasteiger partial charge in [0.2, 0.25) is 0 Å². The van der Waals surface area contributed by atoms with E-state index in [0.717, 1.165) is 47.0 Å². The van der Waals surface area contributed by atoms with Crippen molar-refractivity contribution >= 4 is 49.5 Å². The van der Waals surface area contributed by atoms with Gasteiger partial charge in [-0.1, -0.05) is 24.3 Å². The molecule has 1 saturated heterocycles. The molecule has 9 heteroatoms. The number of fused-ring (bicyclic) bond motifs is 2. The average molecular weight is 453 g/mol. The molecule has 1 aromatic carbocycles. The number of anilines is 1. The zero-order valence-corrected chi connectivity index (χ0v) is 17.0. The summed E-state index contributed by atoms with van der Waals surface area (Å²) >= 11 is 3.37. The molecule has 1 aliphatic rings. The number of benzene rings is 1. The highest BCUT2D eigenvalue weighted by Crippen LogP contribution is 2.27. The minimum absolute atomic E-state index is 0.153. The van der Waals surface area contributed by atoms with Gasteiger partial charge in [0, 0.05) is 47.4 Å². The predicted octanol–water partition coefficient (Wildman–Crippen LogP) is 3.49. The molecule has 5 rings (SSSR count). The molecule has 29 heavy (non-hydrogen) atoms. The van der Waals surface area contributed by atoms with E-state index in [9.17, 15) is 4.79 Å². The number of pyridine rings is 1. The van der Waals surface area contributed by atoms with E-state index in [-0.39, 0.29) is 6.10 Å². The number of rotatable bonds is 3. The van der Waals surface area contributed by atoms with Gasteiger partial charge in [0.1, 0.15) is 6.10 Å². The smallest absolute Gasteiger partial charge is 0.357 e. The molecule has 0 unspecified atom stereocenters. The molecule has 0 atom stereocenters. The minimum Gasteiger partial charge on any atom is -0.458 e. The van der Waals surface area contributed by atoms with Crippen LogP contribution in [-0.2, 0) is 4.74 Å². The van der Waals surface area contributed by atoms with Gasteiger partial charge in [-0.3, -0.25) is 5.10 Å². The van der Waals surface area contributed by atoms with E-state index in [1.54, 1.807) is 12.4 Å². The lowest BCUT2D eigenvalue weighted by Crippen LogP contribution is -2.38. The van der Waals surface area contributed by atoms with Gasteiger partial charge in [0.25, 0.3) is 0 Å². The maximum absolute atomic E-state index is 12.7. The molecule has 0 saturated carbocycles. The van der Waals surface area contributed by atoms with Crippen molar-refractivity contribution in [1.82, 2.24) is 25.4 Å². The van der Waals surface area contributed by atoms with E-state index in [0.29, 0.717) is 16.7 Å². The topological polar surface area (TPSA) is 96.9 Å². The fourth-order valence-electron chi connectivity index (χ4n) is 3.67.